The highest BCUT2D eigenvalue weighted by atomic mass is 32.1. The Morgan fingerprint density at radius 2 is 0.845 bits per heavy atom. The lowest BCUT2D eigenvalue weighted by Crippen LogP contribution is -2.16. The molecule has 0 amide bonds. The molecule has 0 saturated heterocycles. The summed E-state index contributed by atoms with van der Waals surface area (Å²) in [7, 11) is 0. The largest absolute Gasteiger partial charge is 0.453 e. The fraction of sp³-hybridized carbons (Fsp3) is 0. The molecule has 8 aromatic carbocycles. The minimum absolute atomic E-state index is 0.540. The third-order valence-electron chi connectivity index (χ3n) is 10.6. The molecule has 8 heteroatoms. The highest BCUT2D eigenvalue weighted by Crippen LogP contribution is 2.53. The number of benzene rings is 8. The van der Waals surface area contributed by atoms with E-state index in [9.17, 15) is 0 Å². The average Bonchev–Trinajstić information content (AvgIpc) is 3.92. The van der Waals surface area contributed by atoms with Crippen LogP contribution in [0.3, 0.4) is 0 Å². The quantitative estimate of drug-likeness (QED) is 0.173. The van der Waals surface area contributed by atoms with Crippen molar-refractivity contribution in [3.8, 4) is 56.2 Å². The third-order valence-corrected chi connectivity index (χ3v) is 11.7. The molecule has 2 aliphatic rings. The predicted octanol–water partition coefficient (Wildman–Crippen LogP) is 14.6. The van der Waals surface area contributed by atoms with E-state index in [0.29, 0.717) is 5.89 Å². The van der Waals surface area contributed by atoms with Gasteiger partial charge in [0.2, 0.25) is 5.89 Å². The number of ether oxygens (including phenoxy) is 2. The molecule has 58 heavy (non-hydrogen) atoms. The van der Waals surface area contributed by atoms with Crippen LogP contribution in [0.1, 0.15) is 0 Å². The van der Waals surface area contributed by atoms with Gasteiger partial charge >= 0.3 is 0 Å². The first-order chi connectivity index (χ1) is 28.7. The average molecular weight is 767 g/mol. The van der Waals surface area contributed by atoms with E-state index in [1.165, 1.54) is 0 Å². The lowest BCUT2D eigenvalue weighted by atomic mass is 9.97. The van der Waals surface area contributed by atoms with E-state index < -0.39 is 0 Å². The summed E-state index contributed by atoms with van der Waals surface area (Å²) >= 11 is 1.69. The zero-order valence-corrected chi connectivity index (χ0v) is 31.6. The minimum atomic E-state index is 0.540. The Morgan fingerprint density at radius 3 is 1.40 bits per heavy atom. The van der Waals surface area contributed by atoms with Gasteiger partial charge in [-0.2, -0.15) is 0 Å². The Morgan fingerprint density at radius 1 is 0.397 bits per heavy atom. The molecular weight excluding hydrogens is 737 g/mol. The van der Waals surface area contributed by atoms with Gasteiger partial charge < -0.3 is 23.7 Å². The monoisotopic (exact) mass is 766 g/mol. The number of rotatable bonds is 5. The maximum Gasteiger partial charge on any atom is 0.227 e. The summed E-state index contributed by atoms with van der Waals surface area (Å²) in [5.41, 5.74) is 12.0. The molecule has 274 valence electrons. The van der Waals surface area contributed by atoms with Crippen molar-refractivity contribution in [3.63, 3.8) is 0 Å². The van der Waals surface area contributed by atoms with E-state index in [2.05, 4.69) is 101 Å². The summed E-state index contributed by atoms with van der Waals surface area (Å²) in [6.07, 6.45) is 0. The molecule has 4 heterocycles. The Hall–Kier alpha value is -7.68. The smallest absolute Gasteiger partial charge is 0.227 e. The molecule has 2 aromatic heterocycles. The van der Waals surface area contributed by atoms with Crippen LogP contribution < -0.4 is 19.3 Å². The Kier molecular flexibility index (Phi) is 7.26. The van der Waals surface area contributed by atoms with Crippen LogP contribution in [0, 0.1) is 0 Å². The third kappa shape index (κ3) is 5.34. The van der Waals surface area contributed by atoms with E-state index in [4.69, 9.17) is 23.9 Å². The van der Waals surface area contributed by atoms with Crippen LogP contribution in [0.15, 0.2) is 186 Å². The van der Waals surface area contributed by atoms with Crippen LogP contribution in [0.2, 0.25) is 0 Å². The summed E-state index contributed by atoms with van der Waals surface area (Å²) in [6.45, 7) is 0. The van der Waals surface area contributed by atoms with Crippen LogP contribution in [-0.4, -0.2) is 9.97 Å². The first-order valence-electron chi connectivity index (χ1n) is 19.0. The molecule has 7 nitrogen and oxygen atoms in total. The second-order valence-corrected chi connectivity index (χ2v) is 15.3. The molecule has 2 aliphatic heterocycles. The normalized spacial score (nSPS) is 12.7. The summed E-state index contributed by atoms with van der Waals surface area (Å²) in [6, 6.07) is 62.2. The molecule has 0 aliphatic carbocycles. The topological polar surface area (TPSA) is 63.9 Å². The van der Waals surface area contributed by atoms with Crippen molar-refractivity contribution < 1.29 is 13.9 Å². The maximum atomic E-state index is 6.47. The molecule has 0 N–H and O–H groups in total. The molecule has 10 aromatic rings. The SMILES string of the molecule is c1ccc2c(c1)Oc1ccccc1N2c1cc(-c2cc(-c3nc4ccccc4s3)cc(N3c4ccccc4Oc4ccccc43)c2)cc(-c2nc3ccccc3o2)c1. The number of thiazole rings is 1. The highest BCUT2D eigenvalue weighted by Gasteiger charge is 2.29. The van der Waals surface area contributed by atoms with Gasteiger partial charge in [0.05, 0.1) is 33.0 Å². The van der Waals surface area contributed by atoms with Crippen molar-refractivity contribution in [2.75, 3.05) is 9.80 Å². The fourth-order valence-corrected chi connectivity index (χ4v) is 8.97. The van der Waals surface area contributed by atoms with Crippen molar-refractivity contribution in [2.45, 2.75) is 0 Å². The van der Waals surface area contributed by atoms with Crippen molar-refractivity contribution in [3.05, 3.63) is 182 Å². The summed E-state index contributed by atoms with van der Waals surface area (Å²) in [4.78, 5) is 14.7. The van der Waals surface area contributed by atoms with Gasteiger partial charge in [-0.3, -0.25) is 0 Å². The molecule has 0 radical (unpaired) electrons. The molecule has 0 bridgehead atoms. The lowest BCUT2D eigenvalue weighted by molar-refractivity contribution is 0.476. The maximum absolute atomic E-state index is 6.47. The van der Waals surface area contributed by atoms with Gasteiger partial charge in [-0.05, 0) is 120 Å². The number of oxazole rings is 1. The van der Waals surface area contributed by atoms with Gasteiger partial charge in [0, 0.05) is 22.5 Å². The van der Waals surface area contributed by atoms with Crippen LogP contribution in [0.5, 0.6) is 23.0 Å². The highest BCUT2D eigenvalue weighted by molar-refractivity contribution is 7.21. The molecule has 0 atom stereocenters. The van der Waals surface area contributed by atoms with Crippen molar-refractivity contribution in [1.29, 1.82) is 0 Å². The van der Waals surface area contributed by atoms with Crippen molar-refractivity contribution >= 4 is 66.8 Å². The zero-order valence-electron chi connectivity index (χ0n) is 30.7. The van der Waals surface area contributed by atoms with Crippen LogP contribution in [0.25, 0.3) is 54.5 Å². The van der Waals surface area contributed by atoms with E-state index in [1.54, 1.807) is 11.3 Å². The van der Waals surface area contributed by atoms with E-state index in [0.717, 1.165) is 106 Å². The lowest BCUT2D eigenvalue weighted by Gasteiger charge is -2.34. The van der Waals surface area contributed by atoms with Gasteiger partial charge in [0.25, 0.3) is 0 Å². The van der Waals surface area contributed by atoms with E-state index >= 15 is 0 Å². The van der Waals surface area contributed by atoms with Crippen molar-refractivity contribution in [1.82, 2.24) is 9.97 Å². The Labute approximate surface area is 337 Å². The molecule has 12 rings (SSSR count). The molecule has 0 saturated carbocycles. The predicted molar refractivity (Wildman–Crippen MR) is 233 cm³/mol. The van der Waals surface area contributed by atoms with Gasteiger partial charge in [0.15, 0.2) is 28.6 Å². The van der Waals surface area contributed by atoms with Gasteiger partial charge in [-0.15, -0.1) is 11.3 Å². The van der Waals surface area contributed by atoms with Crippen LogP contribution in [0.4, 0.5) is 34.1 Å². The standard InChI is InChI=1S/C50H30N4O3S/c1-7-19-43-37(13-1)51-49(57-43)33-25-31(27-35(29-33)53-39-15-3-8-20-44(39)55-45-21-9-4-16-40(45)53)32-26-34(50-52-38-14-2-12-24-48(38)58-50)30-36(28-32)54-41-17-5-10-22-46(41)56-47-23-11-6-18-42(47)54/h1-30H. The second kappa shape index (κ2) is 12.9. The summed E-state index contributed by atoms with van der Waals surface area (Å²) < 4.78 is 20.5. The molecular formula is C50H30N4O3S. The van der Waals surface area contributed by atoms with Crippen molar-refractivity contribution in [2.24, 2.45) is 0 Å². The Bertz CT molecular complexity index is 2870. The van der Waals surface area contributed by atoms with E-state index in [-0.39, 0.29) is 0 Å². The van der Waals surface area contributed by atoms with Gasteiger partial charge in [-0.1, -0.05) is 72.8 Å². The van der Waals surface area contributed by atoms with Crippen LogP contribution in [-0.2, 0) is 0 Å². The number of hydrogen-bond acceptors (Lipinski definition) is 8. The van der Waals surface area contributed by atoms with Gasteiger partial charge in [-0.25, -0.2) is 9.97 Å². The van der Waals surface area contributed by atoms with Gasteiger partial charge in [0.1, 0.15) is 10.5 Å². The summed E-state index contributed by atoms with van der Waals surface area (Å²) in [5.74, 6) is 3.67. The minimum Gasteiger partial charge on any atom is -0.453 e. The second-order valence-electron chi connectivity index (χ2n) is 14.3. The molecule has 0 fully saturated rings. The molecule has 0 unspecified atom stereocenters. The number of hydrogen-bond donors (Lipinski definition) is 0. The Balaban J connectivity index is 1.13. The number of para-hydroxylation sites is 11. The number of anilines is 6. The number of fused-ring (bicyclic) bond motifs is 6. The summed E-state index contributed by atoms with van der Waals surface area (Å²) in [5, 5.41) is 0.936. The first-order valence-corrected chi connectivity index (χ1v) is 19.9. The zero-order chi connectivity index (χ0) is 38.2. The van der Waals surface area contributed by atoms with E-state index in [1.807, 2.05) is 91.0 Å². The number of nitrogens with zero attached hydrogens (tertiary/aromatic N) is 4. The molecule has 0 spiro atoms. The number of aromatic nitrogens is 2. The first kappa shape index (κ1) is 32.6. The van der Waals surface area contributed by atoms with Crippen LogP contribution >= 0.6 is 11.3 Å². The fourth-order valence-electron chi connectivity index (χ4n) is 8.02.